The van der Waals surface area contributed by atoms with Crippen LogP contribution in [0.5, 0.6) is 0 Å². The van der Waals surface area contributed by atoms with E-state index in [-0.39, 0.29) is 0 Å². The molecule has 0 radical (unpaired) electrons. The van der Waals surface area contributed by atoms with Crippen LogP contribution in [0.1, 0.15) is 34.4 Å². The van der Waals surface area contributed by atoms with E-state index in [2.05, 4.69) is 38.7 Å². The first kappa shape index (κ1) is 16.6. The first-order chi connectivity index (χ1) is 13.2. The number of rotatable bonds is 2. The SMILES string of the molecule is CN1CCc2c(n(C=C3CCc4cnccc43)c3ncc(CF)cc23)CC1. The van der Waals surface area contributed by atoms with Crippen molar-refractivity contribution in [1.29, 1.82) is 0 Å². The molecule has 0 amide bonds. The maximum absolute atomic E-state index is 13.3. The Morgan fingerprint density at radius 1 is 1.15 bits per heavy atom. The highest BCUT2D eigenvalue weighted by Gasteiger charge is 2.23. The number of fused-ring (bicyclic) bond motifs is 4. The zero-order valence-corrected chi connectivity index (χ0v) is 15.6. The summed E-state index contributed by atoms with van der Waals surface area (Å²) >= 11 is 0. The van der Waals surface area contributed by atoms with E-state index in [1.807, 2.05) is 18.5 Å². The van der Waals surface area contributed by atoms with Crippen molar-refractivity contribution in [3.8, 4) is 0 Å². The minimum absolute atomic E-state index is 0.468. The third kappa shape index (κ3) is 2.77. The lowest BCUT2D eigenvalue weighted by molar-refractivity contribution is 0.351. The lowest BCUT2D eigenvalue weighted by atomic mass is 10.1. The Morgan fingerprint density at radius 2 is 2.04 bits per heavy atom. The number of likely N-dealkylation sites (N-methyl/N-ethyl adjacent to an activating group) is 1. The van der Waals surface area contributed by atoms with Crippen molar-refractivity contribution in [1.82, 2.24) is 19.4 Å². The molecule has 4 nitrogen and oxygen atoms in total. The van der Waals surface area contributed by atoms with E-state index >= 15 is 0 Å². The van der Waals surface area contributed by atoms with E-state index in [9.17, 15) is 4.39 Å². The Morgan fingerprint density at radius 3 is 2.93 bits per heavy atom. The van der Waals surface area contributed by atoms with Crippen molar-refractivity contribution in [2.45, 2.75) is 32.4 Å². The highest BCUT2D eigenvalue weighted by Crippen LogP contribution is 2.35. The van der Waals surface area contributed by atoms with E-state index < -0.39 is 6.67 Å². The van der Waals surface area contributed by atoms with Gasteiger partial charge < -0.3 is 9.47 Å². The molecule has 27 heavy (non-hydrogen) atoms. The summed E-state index contributed by atoms with van der Waals surface area (Å²) in [5.41, 5.74) is 8.23. The topological polar surface area (TPSA) is 34.0 Å². The zero-order valence-electron chi connectivity index (χ0n) is 15.6. The van der Waals surface area contributed by atoms with Crippen molar-refractivity contribution < 1.29 is 4.39 Å². The monoisotopic (exact) mass is 362 g/mol. The van der Waals surface area contributed by atoms with Gasteiger partial charge in [-0.3, -0.25) is 4.98 Å². The van der Waals surface area contributed by atoms with Crippen molar-refractivity contribution in [2.75, 3.05) is 20.1 Å². The number of halogens is 1. The fourth-order valence-electron chi connectivity index (χ4n) is 4.45. The summed E-state index contributed by atoms with van der Waals surface area (Å²) in [5.74, 6) is 0. The zero-order chi connectivity index (χ0) is 18.4. The Bertz CT molecular complexity index is 1050. The minimum Gasteiger partial charge on any atom is -0.306 e. The average molecular weight is 362 g/mol. The van der Waals surface area contributed by atoms with Gasteiger partial charge in [-0.05, 0) is 60.7 Å². The molecule has 1 aliphatic heterocycles. The third-order valence-corrected chi connectivity index (χ3v) is 5.94. The number of hydrogen-bond donors (Lipinski definition) is 0. The molecule has 0 atom stereocenters. The first-order valence-corrected chi connectivity index (χ1v) is 9.63. The number of hydrogen-bond acceptors (Lipinski definition) is 3. The molecule has 0 N–H and O–H groups in total. The van der Waals surface area contributed by atoms with Crippen LogP contribution in [0.2, 0.25) is 0 Å². The van der Waals surface area contributed by atoms with E-state index in [1.165, 1.54) is 28.0 Å². The fourth-order valence-corrected chi connectivity index (χ4v) is 4.45. The molecule has 138 valence electrons. The van der Waals surface area contributed by atoms with Crippen LogP contribution in [0.3, 0.4) is 0 Å². The van der Waals surface area contributed by atoms with Crippen LogP contribution in [-0.4, -0.2) is 39.6 Å². The van der Waals surface area contributed by atoms with E-state index in [0.717, 1.165) is 49.8 Å². The molecule has 3 aromatic rings. The van der Waals surface area contributed by atoms with Gasteiger partial charge in [0.1, 0.15) is 12.3 Å². The summed E-state index contributed by atoms with van der Waals surface area (Å²) in [7, 11) is 2.17. The summed E-state index contributed by atoms with van der Waals surface area (Å²) in [6, 6.07) is 4.11. The Balaban J connectivity index is 1.71. The summed E-state index contributed by atoms with van der Waals surface area (Å²) in [6.45, 7) is 1.59. The molecule has 0 bridgehead atoms. The maximum atomic E-state index is 13.3. The van der Waals surface area contributed by atoms with Crippen LogP contribution in [-0.2, 0) is 25.9 Å². The van der Waals surface area contributed by atoms with Gasteiger partial charge in [-0.25, -0.2) is 9.37 Å². The molecule has 5 heteroatoms. The predicted molar refractivity (Wildman–Crippen MR) is 106 cm³/mol. The Hall–Kier alpha value is -2.53. The van der Waals surface area contributed by atoms with Gasteiger partial charge in [-0.15, -0.1) is 0 Å². The van der Waals surface area contributed by atoms with Gasteiger partial charge in [-0.2, -0.15) is 0 Å². The molecule has 0 unspecified atom stereocenters. The molecule has 0 aromatic carbocycles. The second-order valence-electron chi connectivity index (χ2n) is 7.63. The van der Waals surface area contributed by atoms with Crippen molar-refractivity contribution in [3.63, 3.8) is 0 Å². The van der Waals surface area contributed by atoms with Crippen LogP contribution < -0.4 is 0 Å². The van der Waals surface area contributed by atoms with Crippen molar-refractivity contribution in [3.05, 3.63) is 58.7 Å². The summed E-state index contributed by atoms with van der Waals surface area (Å²) < 4.78 is 15.5. The van der Waals surface area contributed by atoms with Crippen molar-refractivity contribution in [2.24, 2.45) is 0 Å². The minimum atomic E-state index is -0.468. The molecule has 0 spiro atoms. The second-order valence-corrected chi connectivity index (χ2v) is 7.63. The fraction of sp³-hybridized carbons (Fsp3) is 0.364. The standard InChI is InChI=1S/C22H23FN4/c1-26-8-5-19-20-10-15(11-23)12-25-22(20)27(21(19)6-9-26)14-17-3-2-16-13-24-7-4-18(16)17/h4,7,10,12-14H,2-3,5-6,8-9,11H2,1H3. The molecule has 2 aliphatic rings. The quantitative estimate of drug-likeness (QED) is 0.694. The van der Waals surface area contributed by atoms with Gasteiger partial charge in [0.25, 0.3) is 0 Å². The van der Waals surface area contributed by atoms with Crippen LogP contribution in [0.25, 0.3) is 22.8 Å². The molecule has 5 rings (SSSR count). The predicted octanol–water partition coefficient (Wildman–Crippen LogP) is 3.88. The highest BCUT2D eigenvalue weighted by atomic mass is 19.1. The number of aryl methyl sites for hydroxylation is 1. The number of nitrogens with zero attached hydrogens (tertiary/aromatic N) is 4. The number of allylic oxidation sites excluding steroid dienone is 1. The van der Waals surface area contributed by atoms with Gasteiger partial charge in [0.05, 0.1) is 0 Å². The Kier molecular flexibility index (Phi) is 4.05. The smallest absolute Gasteiger partial charge is 0.144 e. The van der Waals surface area contributed by atoms with Gasteiger partial charge in [0, 0.05) is 60.9 Å². The summed E-state index contributed by atoms with van der Waals surface area (Å²) in [4.78, 5) is 11.3. The Labute approximate surface area is 158 Å². The maximum Gasteiger partial charge on any atom is 0.144 e. The van der Waals surface area contributed by atoms with Gasteiger partial charge in [0.2, 0.25) is 0 Å². The van der Waals surface area contributed by atoms with E-state index in [0.29, 0.717) is 5.56 Å². The van der Waals surface area contributed by atoms with Crippen molar-refractivity contribution >= 4 is 22.8 Å². The second kappa shape index (κ2) is 6.57. The molecular formula is C22H23FN4. The van der Waals surface area contributed by atoms with E-state index in [1.54, 1.807) is 6.20 Å². The van der Waals surface area contributed by atoms with Crippen LogP contribution in [0.4, 0.5) is 4.39 Å². The lowest BCUT2D eigenvalue weighted by Gasteiger charge is -2.12. The number of aromatic nitrogens is 3. The number of alkyl halides is 1. The third-order valence-electron chi connectivity index (χ3n) is 5.94. The molecule has 3 aromatic heterocycles. The molecule has 4 heterocycles. The average Bonchev–Trinajstić information content (AvgIpc) is 3.17. The molecular weight excluding hydrogens is 339 g/mol. The largest absolute Gasteiger partial charge is 0.306 e. The van der Waals surface area contributed by atoms with Gasteiger partial charge >= 0.3 is 0 Å². The number of pyridine rings is 2. The molecule has 1 aliphatic carbocycles. The van der Waals surface area contributed by atoms with Crippen LogP contribution in [0.15, 0.2) is 30.7 Å². The first-order valence-electron chi connectivity index (χ1n) is 9.63. The summed E-state index contributed by atoms with van der Waals surface area (Å²) in [5, 5.41) is 1.11. The van der Waals surface area contributed by atoms with Gasteiger partial charge in [0.15, 0.2) is 0 Å². The lowest BCUT2D eigenvalue weighted by Crippen LogP contribution is -2.21. The molecule has 0 saturated heterocycles. The van der Waals surface area contributed by atoms with Crippen LogP contribution in [0, 0.1) is 0 Å². The normalized spacial score (nSPS) is 18.7. The summed E-state index contributed by atoms with van der Waals surface area (Å²) in [6.07, 6.45) is 11.8. The molecule has 0 saturated carbocycles. The van der Waals surface area contributed by atoms with Gasteiger partial charge in [-0.1, -0.05) is 0 Å². The highest BCUT2D eigenvalue weighted by molar-refractivity contribution is 5.89. The van der Waals surface area contributed by atoms with E-state index in [4.69, 9.17) is 0 Å². The van der Waals surface area contributed by atoms with Crippen LogP contribution >= 0.6 is 0 Å². The molecule has 0 fully saturated rings.